The quantitative estimate of drug-likeness (QED) is 0.639. The Labute approximate surface area is 171 Å². The highest BCUT2D eigenvalue weighted by molar-refractivity contribution is 6.35. The fourth-order valence-electron chi connectivity index (χ4n) is 3.72. The number of carbonyl (C=O) groups excluding carboxylic acids is 1. The summed E-state index contributed by atoms with van der Waals surface area (Å²) >= 11 is 6.33. The smallest absolute Gasteiger partial charge is 0.255 e. The summed E-state index contributed by atoms with van der Waals surface area (Å²) in [6.45, 7) is 6.00. The first-order chi connectivity index (χ1) is 13.5. The minimum absolute atomic E-state index is 0.0471. The lowest BCUT2D eigenvalue weighted by Crippen LogP contribution is -2.47. The molecule has 0 spiro atoms. The average Bonchev–Trinajstić information content (AvgIpc) is 2.71. The molecule has 1 fully saturated rings. The molecule has 0 aliphatic carbocycles. The molecule has 8 heteroatoms. The number of likely N-dealkylation sites (tertiary alicyclic amines) is 1. The Morgan fingerprint density at radius 1 is 1.36 bits per heavy atom. The van der Waals surface area contributed by atoms with Gasteiger partial charge < -0.3 is 30.1 Å². The molecule has 0 bridgehead atoms. The highest BCUT2D eigenvalue weighted by Crippen LogP contribution is 2.44. The number of amides is 1. The number of hydrogen-bond acceptors (Lipinski definition) is 6. The Morgan fingerprint density at radius 2 is 2.11 bits per heavy atom. The molecule has 3 N–H and O–H groups in total. The minimum Gasteiger partial charge on any atom is -0.485 e. The lowest BCUT2D eigenvalue weighted by atomic mass is 9.93. The predicted octanol–water partition coefficient (Wildman–Crippen LogP) is 2.37. The third-order valence-corrected chi connectivity index (χ3v) is 5.80. The van der Waals surface area contributed by atoms with Crippen molar-refractivity contribution in [3.63, 3.8) is 0 Å². The lowest BCUT2D eigenvalue weighted by Gasteiger charge is -2.36. The van der Waals surface area contributed by atoms with E-state index in [0.29, 0.717) is 54.1 Å². The van der Waals surface area contributed by atoms with Crippen LogP contribution in [0.3, 0.4) is 0 Å². The van der Waals surface area contributed by atoms with Crippen LogP contribution >= 0.6 is 11.6 Å². The van der Waals surface area contributed by atoms with Crippen LogP contribution in [0, 0.1) is 5.92 Å². The zero-order valence-electron chi connectivity index (χ0n) is 16.6. The molecule has 3 rings (SSSR count). The Balaban J connectivity index is 1.64. The van der Waals surface area contributed by atoms with E-state index in [2.05, 4.69) is 22.5 Å². The summed E-state index contributed by atoms with van der Waals surface area (Å²) < 4.78 is 11.3. The van der Waals surface area contributed by atoms with Crippen LogP contribution < -0.4 is 20.1 Å². The summed E-state index contributed by atoms with van der Waals surface area (Å²) in [5, 5.41) is 16.8. The number of aliphatic hydroxyl groups is 1. The molecular weight excluding hydrogens is 382 g/mol. The van der Waals surface area contributed by atoms with Crippen LogP contribution in [0.5, 0.6) is 11.5 Å². The highest BCUT2D eigenvalue weighted by Gasteiger charge is 2.29. The molecule has 0 saturated carbocycles. The number of β-amino-alcohol motifs (C(OH)–C–C–N with tert-alkyl or cyclic N) is 1. The predicted molar refractivity (Wildman–Crippen MR) is 110 cm³/mol. The SMILES string of the molecule is CCCCN1CC[C@@H](CNC(=O)c2cc(NC)c(Cl)c3c2OCCO3)[C@H](O)C1. The maximum absolute atomic E-state index is 12.8. The Morgan fingerprint density at radius 3 is 2.79 bits per heavy atom. The van der Waals surface area contributed by atoms with Crippen molar-refractivity contribution in [2.45, 2.75) is 32.3 Å². The number of aliphatic hydroxyl groups excluding tert-OH is 1. The number of hydrogen-bond donors (Lipinski definition) is 3. The number of carbonyl (C=O) groups is 1. The number of piperidine rings is 1. The fraction of sp³-hybridized carbons (Fsp3) is 0.650. The van der Waals surface area contributed by atoms with Crippen LogP contribution in [0.4, 0.5) is 5.69 Å². The van der Waals surface area contributed by atoms with Crippen LogP contribution in [0.25, 0.3) is 0 Å². The summed E-state index contributed by atoms with van der Waals surface area (Å²) in [6.07, 6.45) is 2.73. The van der Waals surface area contributed by atoms with Gasteiger partial charge in [0.2, 0.25) is 0 Å². The van der Waals surface area contributed by atoms with E-state index in [-0.39, 0.29) is 11.8 Å². The van der Waals surface area contributed by atoms with Gasteiger partial charge in [-0.2, -0.15) is 0 Å². The molecule has 2 atom stereocenters. The van der Waals surface area contributed by atoms with Crippen molar-refractivity contribution >= 4 is 23.2 Å². The zero-order valence-corrected chi connectivity index (χ0v) is 17.3. The normalized spacial score (nSPS) is 22.0. The molecule has 156 valence electrons. The van der Waals surface area contributed by atoms with Crippen LogP contribution in [-0.2, 0) is 0 Å². The van der Waals surface area contributed by atoms with Crippen molar-refractivity contribution < 1.29 is 19.4 Å². The molecule has 2 heterocycles. The largest absolute Gasteiger partial charge is 0.485 e. The maximum Gasteiger partial charge on any atom is 0.255 e. The molecule has 2 aliphatic rings. The Kier molecular flexibility index (Phi) is 7.26. The number of fused-ring (bicyclic) bond motifs is 1. The van der Waals surface area contributed by atoms with Crippen LogP contribution in [-0.4, -0.2) is 68.5 Å². The standard InChI is InChI=1S/C20H30ClN3O4/c1-3-4-6-24-7-5-13(16(25)12-24)11-23-20(26)14-10-15(22-2)17(21)19-18(14)27-8-9-28-19/h10,13,16,22,25H,3-9,11-12H2,1-2H3,(H,23,26)/t13-,16+/m0/s1. The first kappa shape index (κ1) is 21.0. The van der Waals surface area contributed by atoms with Crippen molar-refractivity contribution in [2.24, 2.45) is 5.92 Å². The molecule has 28 heavy (non-hydrogen) atoms. The van der Waals surface area contributed by atoms with Crippen molar-refractivity contribution in [1.82, 2.24) is 10.2 Å². The number of halogens is 1. The summed E-state index contributed by atoms with van der Waals surface area (Å²) in [6, 6.07) is 1.68. The van der Waals surface area contributed by atoms with Crippen molar-refractivity contribution in [2.75, 3.05) is 51.8 Å². The molecule has 1 aromatic rings. The van der Waals surface area contributed by atoms with Gasteiger partial charge in [0.05, 0.1) is 17.4 Å². The van der Waals surface area contributed by atoms with E-state index in [1.165, 1.54) is 0 Å². The molecular formula is C20H30ClN3O4. The lowest BCUT2D eigenvalue weighted by molar-refractivity contribution is 0.0217. The number of rotatable bonds is 7. The van der Waals surface area contributed by atoms with Crippen molar-refractivity contribution in [1.29, 1.82) is 0 Å². The van der Waals surface area contributed by atoms with Crippen LogP contribution in [0.2, 0.25) is 5.02 Å². The van der Waals surface area contributed by atoms with Gasteiger partial charge in [-0.05, 0) is 32.0 Å². The molecule has 0 radical (unpaired) electrons. The minimum atomic E-state index is -0.433. The second-order valence-electron chi connectivity index (χ2n) is 7.37. The van der Waals surface area contributed by atoms with E-state index in [1.807, 2.05) is 0 Å². The Hall–Kier alpha value is -1.70. The Bertz CT molecular complexity index is 701. The molecule has 0 aromatic heterocycles. The first-order valence-electron chi connectivity index (χ1n) is 10.0. The fourth-order valence-corrected chi connectivity index (χ4v) is 4.00. The van der Waals surface area contributed by atoms with Gasteiger partial charge in [-0.3, -0.25) is 4.79 Å². The van der Waals surface area contributed by atoms with Crippen molar-refractivity contribution in [3.8, 4) is 11.5 Å². The van der Waals surface area contributed by atoms with Gasteiger partial charge in [0.15, 0.2) is 11.5 Å². The van der Waals surface area contributed by atoms with E-state index in [4.69, 9.17) is 21.1 Å². The van der Waals surface area contributed by atoms with Crippen LogP contribution in [0.15, 0.2) is 6.07 Å². The zero-order chi connectivity index (χ0) is 20.1. The van der Waals surface area contributed by atoms with Gasteiger partial charge >= 0.3 is 0 Å². The second-order valence-corrected chi connectivity index (χ2v) is 7.75. The number of anilines is 1. The van der Waals surface area contributed by atoms with E-state index >= 15 is 0 Å². The molecule has 0 unspecified atom stereocenters. The van der Waals surface area contributed by atoms with E-state index in [1.54, 1.807) is 13.1 Å². The third-order valence-electron chi connectivity index (χ3n) is 5.42. The summed E-state index contributed by atoms with van der Waals surface area (Å²) in [5.41, 5.74) is 0.999. The number of nitrogens with zero attached hydrogens (tertiary/aromatic N) is 1. The van der Waals surface area contributed by atoms with E-state index < -0.39 is 6.10 Å². The highest BCUT2D eigenvalue weighted by atomic mass is 35.5. The van der Waals surface area contributed by atoms with Gasteiger partial charge in [-0.25, -0.2) is 0 Å². The number of nitrogens with one attached hydrogen (secondary N) is 2. The average molecular weight is 412 g/mol. The van der Waals surface area contributed by atoms with E-state index in [0.717, 1.165) is 32.4 Å². The topological polar surface area (TPSA) is 83.1 Å². The molecule has 7 nitrogen and oxygen atoms in total. The molecule has 1 saturated heterocycles. The molecule has 2 aliphatic heterocycles. The molecule has 1 amide bonds. The maximum atomic E-state index is 12.8. The summed E-state index contributed by atoms with van der Waals surface area (Å²) in [7, 11) is 1.74. The third kappa shape index (κ3) is 4.64. The second kappa shape index (κ2) is 9.67. The van der Waals surface area contributed by atoms with Gasteiger partial charge in [-0.15, -0.1) is 0 Å². The van der Waals surface area contributed by atoms with E-state index in [9.17, 15) is 9.90 Å². The van der Waals surface area contributed by atoms with Crippen molar-refractivity contribution in [3.05, 3.63) is 16.7 Å². The monoisotopic (exact) mass is 411 g/mol. The summed E-state index contributed by atoms with van der Waals surface area (Å²) in [5.74, 6) is 0.568. The van der Waals surface area contributed by atoms with Gasteiger partial charge in [0.1, 0.15) is 18.2 Å². The number of benzene rings is 1. The number of ether oxygens (including phenoxy) is 2. The van der Waals surface area contributed by atoms with Gasteiger partial charge in [0, 0.05) is 26.1 Å². The van der Waals surface area contributed by atoms with Gasteiger partial charge in [0.25, 0.3) is 5.91 Å². The number of unbranched alkanes of at least 4 members (excludes halogenated alkanes) is 1. The summed E-state index contributed by atoms with van der Waals surface area (Å²) in [4.78, 5) is 15.1. The van der Waals surface area contributed by atoms with Crippen LogP contribution in [0.1, 0.15) is 36.5 Å². The molecule has 1 aromatic carbocycles. The van der Waals surface area contributed by atoms with Gasteiger partial charge in [-0.1, -0.05) is 24.9 Å². The first-order valence-corrected chi connectivity index (χ1v) is 10.4.